The molecule has 4 nitrogen and oxygen atoms in total. The van der Waals surface area contributed by atoms with Gasteiger partial charge in [-0.3, -0.25) is 0 Å². The summed E-state index contributed by atoms with van der Waals surface area (Å²) in [5.41, 5.74) is -0.00977. The van der Waals surface area contributed by atoms with Crippen LogP contribution in [-0.4, -0.2) is 23.7 Å². The minimum absolute atomic E-state index is 0.00977. The SMILES string of the molecule is O=C1N[C@@H](c2cc(Cl)c(O)c(Cl)c2)C(F)(F)CO1. The zero-order valence-electron chi connectivity index (χ0n) is 8.71. The van der Waals surface area contributed by atoms with E-state index in [9.17, 15) is 18.7 Å². The topological polar surface area (TPSA) is 58.6 Å². The summed E-state index contributed by atoms with van der Waals surface area (Å²) >= 11 is 11.3. The predicted octanol–water partition coefficient (Wildman–Crippen LogP) is 3.12. The molecule has 18 heavy (non-hydrogen) atoms. The summed E-state index contributed by atoms with van der Waals surface area (Å²) < 4.78 is 31.4. The lowest BCUT2D eigenvalue weighted by atomic mass is 10.00. The van der Waals surface area contributed by atoms with E-state index in [0.717, 1.165) is 12.1 Å². The van der Waals surface area contributed by atoms with Crippen LogP contribution in [0.15, 0.2) is 12.1 Å². The predicted molar refractivity (Wildman–Crippen MR) is 60.3 cm³/mol. The van der Waals surface area contributed by atoms with Crippen molar-refractivity contribution in [1.29, 1.82) is 0 Å². The van der Waals surface area contributed by atoms with E-state index in [2.05, 4.69) is 4.74 Å². The Morgan fingerprint density at radius 1 is 1.39 bits per heavy atom. The first kappa shape index (κ1) is 13.2. The van der Waals surface area contributed by atoms with Gasteiger partial charge in [0, 0.05) is 0 Å². The second-order valence-corrected chi connectivity index (χ2v) is 4.56. The molecule has 0 saturated carbocycles. The fourth-order valence-corrected chi connectivity index (χ4v) is 2.09. The van der Waals surface area contributed by atoms with Gasteiger partial charge in [-0.05, 0) is 17.7 Å². The Morgan fingerprint density at radius 3 is 2.50 bits per heavy atom. The van der Waals surface area contributed by atoms with Gasteiger partial charge in [0.25, 0.3) is 0 Å². The van der Waals surface area contributed by atoms with Gasteiger partial charge in [0.2, 0.25) is 0 Å². The van der Waals surface area contributed by atoms with Crippen LogP contribution >= 0.6 is 23.2 Å². The van der Waals surface area contributed by atoms with Crippen LogP contribution in [0.1, 0.15) is 11.6 Å². The molecule has 0 aromatic heterocycles. The number of hydrogen-bond acceptors (Lipinski definition) is 3. The van der Waals surface area contributed by atoms with E-state index < -0.39 is 30.4 Å². The van der Waals surface area contributed by atoms with Crippen LogP contribution in [0.4, 0.5) is 13.6 Å². The Hall–Kier alpha value is -1.27. The first-order valence-electron chi connectivity index (χ1n) is 4.80. The van der Waals surface area contributed by atoms with Gasteiger partial charge in [-0.2, -0.15) is 0 Å². The van der Waals surface area contributed by atoms with E-state index in [1.165, 1.54) is 0 Å². The maximum Gasteiger partial charge on any atom is 0.408 e. The van der Waals surface area contributed by atoms with Gasteiger partial charge in [0.1, 0.15) is 6.04 Å². The average Bonchev–Trinajstić information content (AvgIpc) is 2.28. The van der Waals surface area contributed by atoms with Crippen LogP contribution in [0.5, 0.6) is 5.75 Å². The number of alkyl halides is 2. The van der Waals surface area contributed by atoms with Crippen molar-refractivity contribution in [1.82, 2.24) is 5.32 Å². The summed E-state index contributed by atoms with van der Waals surface area (Å²) in [5, 5.41) is 11.0. The number of phenols is 1. The maximum absolute atomic E-state index is 13.6. The largest absolute Gasteiger partial charge is 0.505 e. The van der Waals surface area contributed by atoms with Crippen molar-refractivity contribution in [3.05, 3.63) is 27.7 Å². The van der Waals surface area contributed by atoms with Crippen LogP contribution in [0.3, 0.4) is 0 Å². The molecule has 1 amide bonds. The minimum Gasteiger partial charge on any atom is -0.505 e. The van der Waals surface area contributed by atoms with E-state index in [-0.39, 0.29) is 15.6 Å². The fourth-order valence-electron chi connectivity index (χ4n) is 1.59. The number of ether oxygens (including phenoxy) is 1. The van der Waals surface area contributed by atoms with Gasteiger partial charge in [0.15, 0.2) is 12.4 Å². The number of rotatable bonds is 1. The molecule has 0 unspecified atom stereocenters. The fraction of sp³-hybridized carbons (Fsp3) is 0.300. The molecule has 1 aliphatic rings. The van der Waals surface area contributed by atoms with Crippen LogP contribution in [-0.2, 0) is 4.74 Å². The molecule has 2 rings (SSSR count). The molecule has 1 aromatic carbocycles. The lowest BCUT2D eigenvalue weighted by Gasteiger charge is -2.32. The molecule has 1 heterocycles. The summed E-state index contributed by atoms with van der Waals surface area (Å²) in [6.45, 7) is -1.03. The first-order valence-corrected chi connectivity index (χ1v) is 5.56. The quantitative estimate of drug-likeness (QED) is 0.837. The molecule has 0 spiro atoms. The Morgan fingerprint density at radius 2 is 1.94 bits per heavy atom. The van der Waals surface area contributed by atoms with Crippen molar-refractivity contribution in [3.8, 4) is 5.75 Å². The highest BCUT2D eigenvalue weighted by Gasteiger charge is 2.47. The van der Waals surface area contributed by atoms with Gasteiger partial charge in [-0.25, -0.2) is 13.6 Å². The molecule has 0 bridgehead atoms. The van der Waals surface area contributed by atoms with Crippen LogP contribution in [0.2, 0.25) is 10.0 Å². The highest BCUT2D eigenvalue weighted by atomic mass is 35.5. The summed E-state index contributed by atoms with van der Waals surface area (Å²) in [7, 11) is 0. The Bertz CT molecular complexity index is 487. The lowest BCUT2D eigenvalue weighted by Crippen LogP contribution is -2.49. The third-order valence-corrected chi connectivity index (χ3v) is 3.03. The third-order valence-electron chi connectivity index (χ3n) is 2.45. The molecule has 1 aliphatic heterocycles. The highest BCUT2D eigenvalue weighted by Crippen LogP contribution is 2.40. The average molecular weight is 298 g/mol. The number of carbonyl (C=O) groups is 1. The zero-order valence-corrected chi connectivity index (χ0v) is 10.2. The van der Waals surface area contributed by atoms with Crippen molar-refractivity contribution >= 4 is 29.3 Å². The van der Waals surface area contributed by atoms with E-state index in [1.54, 1.807) is 0 Å². The zero-order chi connectivity index (χ0) is 13.5. The monoisotopic (exact) mass is 297 g/mol. The van der Waals surface area contributed by atoms with Gasteiger partial charge >= 0.3 is 12.0 Å². The Labute approximate surface area is 110 Å². The molecule has 1 aromatic rings. The van der Waals surface area contributed by atoms with Crippen molar-refractivity contribution in [3.63, 3.8) is 0 Å². The number of alkyl carbamates (subject to hydrolysis) is 1. The van der Waals surface area contributed by atoms with Crippen molar-refractivity contribution in [2.45, 2.75) is 12.0 Å². The van der Waals surface area contributed by atoms with Crippen LogP contribution in [0.25, 0.3) is 0 Å². The number of phenolic OH excluding ortho intramolecular Hbond substituents is 1. The highest BCUT2D eigenvalue weighted by molar-refractivity contribution is 6.37. The molecule has 0 aliphatic carbocycles. The van der Waals surface area contributed by atoms with Crippen molar-refractivity contribution in [2.75, 3.05) is 6.61 Å². The normalized spacial score (nSPS) is 22.2. The number of benzene rings is 1. The molecular formula is C10H7Cl2F2NO3. The van der Waals surface area contributed by atoms with Crippen LogP contribution in [0, 0.1) is 0 Å². The van der Waals surface area contributed by atoms with Crippen LogP contribution < -0.4 is 5.32 Å². The number of amides is 1. The number of cyclic esters (lactones) is 1. The molecule has 0 radical (unpaired) electrons. The van der Waals surface area contributed by atoms with Crippen molar-refractivity contribution < 1.29 is 23.4 Å². The van der Waals surface area contributed by atoms with E-state index in [1.807, 2.05) is 5.32 Å². The molecule has 1 fully saturated rings. The van der Waals surface area contributed by atoms with Crippen molar-refractivity contribution in [2.24, 2.45) is 0 Å². The number of nitrogens with one attached hydrogen (secondary N) is 1. The van der Waals surface area contributed by atoms with E-state index >= 15 is 0 Å². The molecule has 2 N–H and O–H groups in total. The second kappa shape index (κ2) is 4.44. The van der Waals surface area contributed by atoms with Gasteiger partial charge < -0.3 is 15.2 Å². The lowest BCUT2D eigenvalue weighted by molar-refractivity contribution is -0.104. The standard InChI is InChI=1S/C10H7Cl2F2NO3/c11-5-1-4(2-6(12)7(5)16)8-10(13,14)3-18-9(17)15-8/h1-2,8,16H,3H2,(H,15,17)/t8-/m0/s1. The molecule has 1 saturated heterocycles. The van der Waals surface area contributed by atoms with E-state index in [0.29, 0.717) is 0 Å². The summed E-state index contributed by atoms with van der Waals surface area (Å²) in [6.07, 6.45) is -0.953. The maximum atomic E-state index is 13.6. The molecule has 8 heteroatoms. The number of hydrogen-bond donors (Lipinski definition) is 2. The van der Waals surface area contributed by atoms with Gasteiger partial charge in [-0.15, -0.1) is 0 Å². The van der Waals surface area contributed by atoms with Gasteiger partial charge in [0.05, 0.1) is 10.0 Å². The van der Waals surface area contributed by atoms with E-state index in [4.69, 9.17) is 23.2 Å². The van der Waals surface area contributed by atoms with Gasteiger partial charge in [-0.1, -0.05) is 23.2 Å². The summed E-state index contributed by atoms with van der Waals surface area (Å²) in [4.78, 5) is 11.0. The Balaban J connectivity index is 2.43. The minimum atomic E-state index is -3.29. The third kappa shape index (κ3) is 2.30. The molecular weight excluding hydrogens is 291 g/mol. The number of aromatic hydroxyl groups is 1. The molecule has 98 valence electrons. The summed E-state index contributed by atoms with van der Waals surface area (Å²) in [5.74, 6) is -3.69. The second-order valence-electron chi connectivity index (χ2n) is 3.75. The first-order chi connectivity index (χ1) is 8.31. The smallest absolute Gasteiger partial charge is 0.408 e. The molecule has 1 atom stereocenters. The summed E-state index contributed by atoms with van der Waals surface area (Å²) in [6, 6.07) is 0.634. The number of carbonyl (C=O) groups excluding carboxylic acids is 1. The Kier molecular flexibility index (Phi) is 3.25. The number of halogens is 4.